The van der Waals surface area contributed by atoms with E-state index in [1.54, 1.807) is 11.8 Å². The first-order valence-electron chi connectivity index (χ1n) is 8.40. The van der Waals surface area contributed by atoms with Gasteiger partial charge in [0.25, 0.3) is 0 Å². The maximum absolute atomic E-state index is 12.5. The van der Waals surface area contributed by atoms with Gasteiger partial charge in [-0.1, -0.05) is 12.1 Å². The molecule has 0 radical (unpaired) electrons. The van der Waals surface area contributed by atoms with Gasteiger partial charge < -0.3 is 19.3 Å². The zero-order valence-corrected chi connectivity index (χ0v) is 14.7. The van der Waals surface area contributed by atoms with Crippen LogP contribution in [0.1, 0.15) is 32.0 Å². The molecule has 2 heterocycles. The third kappa shape index (κ3) is 3.78. The molecule has 3 aromatic rings. The summed E-state index contributed by atoms with van der Waals surface area (Å²) < 4.78 is 7.06. The van der Waals surface area contributed by atoms with Crippen molar-refractivity contribution < 1.29 is 9.32 Å². The molecular formula is C17H22N6O2. The van der Waals surface area contributed by atoms with E-state index in [0.717, 1.165) is 24.0 Å². The second-order valence-corrected chi connectivity index (χ2v) is 5.82. The molecular weight excluding hydrogens is 320 g/mol. The first-order valence-corrected chi connectivity index (χ1v) is 8.40. The SMILES string of the molecule is CCCn1cnc2cc(NC(=O)N(CC)Cc3noc(C)n3)ccc21. The van der Waals surface area contributed by atoms with Gasteiger partial charge in [-0.15, -0.1) is 0 Å². The number of carbonyl (C=O) groups is 1. The molecule has 1 N–H and O–H groups in total. The summed E-state index contributed by atoms with van der Waals surface area (Å²) in [5.74, 6) is 0.975. The van der Waals surface area contributed by atoms with Crippen LogP contribution >= 0.6 is 0 Å². The summed E-state index contributed by atoms with van der Waals surface area (Å²) in [7, 11) is 0. The second-order valence-electron chi connectivity index (χ2n) is 5.82. The molecule has 2 amide bonds. The van der Waals surface area contributed by atoms with E-state index >= 15 is 0 Å². The summed E-state index contributed by atoms with van der Waals surface area (Å²) >= 11 is 0. The molecule has 0 saturated carbocycles. The lowest BCUT2D eigenvalue weighted by Crippen LogP contribution is -2.34. The van der Waals surface area contributed by atoms with Gasteiger partial charge in [-0.3, -0.25) is 0 Å². The number of benzene rings is 1. The number of nitrogens with one attached hydrogen (secondary N) is 1. The second kappa shape index (κ2) is 7.33. The van der Waals surface area contributed by atoms with E-state index in [9.17, 15) is 4.79 Å². The predicted octanol–water partition coefficient (Wildman–Crippen LogP) is 3.19. The number of amides is 2. The van der Waals surface area contributed by atoms with Gasteiger partial charge in [-0.05, 0) is 31.5 Å². The van der Waals surface area contributed by atoms with Crippen LogP contribution in [0, 0.1) is 6.92 Å². The van der Waals surface area contributed by atoms with Gasteiger partial charge in [-0.25, -0.2) is 9.78 Å². The van der Waals surface area contributed by atoms with Gasteiger partial charge in [0.2, 0.25) is 5.89 Å². The lowest BCUT2D eigenvalue weighted by molar-refractivity contribution is 0.210. The molecule has 0 spiro atoms. The molecule has 0 bridgehead atoms. The molecule has 3 rings (SSSR count). The highest BCUT2D eigenvalue weighted by molar-refractivity contribution is 5.92. The minimum atomic E-state index is -0.211. The highest BCUT2D eigenvalue weighted by Gasteiger charge is 2.15. The number of carbonyl (C=O) groups excluding carboxylic acids is 1. The summed E-state index contributed by atoms with van der Waals surface area (Å²) in [4.78, 5) is 22.7. The lowest BCUT2D eigenvalue weighted by Gasteiger charge is -2.19. The molecule has 1 aromatic carbocycles. The van der Waals surface area contributed by atoms with Gasteiger partial charge >= 0.3 is 6.03 Å². The van der Waals surface area contributed by atoms with Crippen molar-refractivity contribution in [3.05, 3.63) is 36.2 Å². The van der Waals surface area contributed by atoms with Gasteiger partial charge in [0, 0.05) is 25.7 Å². The van der Waals surface area contributed by atoms with Gasteiger partial charge in [0.05, 0.1) is 23.9 Å². The lowest BCUT2D eigenvalue weighted by atomic mass is 10.2. The highest BCUT2D eigenvalue weighted by atomic mass is 16.5. The Kier molecular flexibility index (Phi) is 4.97. The zero-order chi connectivity index (χ0) is 17.8. The zero-order valence-electron chi connectivity index (χ0n) is 14.7. The summed E-state index contributed by atoms with van der Waals surface area (Å²) in [6.45, 7) is 7.52. The number of rotatable bonds is 6. The molecule has 132 valence electrons. The summed E-state index contributed by atoms with van der Waals surface area (Å²) in [6, 6.07) is 5.54. The normalized spacial score (nSPS) is 11.0. The average Bonchev–Trinajstić information content (AvgIpc) is 3.19. The first kappa shape index (κ1) is 16.9. The Labute approximate surface area is 145 Å². The first-order chi connectivity index (χ1) is 12.1. The number of urea groups is 1. The molecule has 0 aliphatic carbocycles. The van der Waals surface area contributed by atoms with Crippen LogP contribution in [0.25, 0.3) is 11.0 Å². The van der Waals surface area contributed by atoms with Crippen LogP contribution in [0.4, 0.5) is 10.5 Å². The van der Waals surface area contributed by atoms with E-state index in [1.165, 1.54) is 0 Å². The number of aromatic nitrogens is 4. The number of anilines is 1. The predicted molar refractivity (Wildman–Crippen MR) is 94.2 cm³/mol. The van der Waals surface area contributed by atoms with Crippen molar-refractivity contribution in [1.29, 1.82) is 0 Å². The van der Waals surface area contributed by atoms with Crippen LogP contribution in [0.2, 0.25) is 0 Å². The molecule has 25 heavy (non-hydrogen) atoms. The Hall–Kier alpha value is -2.90. The van der Waals surface area contributed by atoms with Crippen LogP contribution in [0.15, 0.2) is 29.0 Å². The van der Waals surface area contributed by atoms with Gasteiger partial charge in [0.15, 0.2) is 5.82 Å². The Morgan fingerprint density at radius 1 is 1.36 bits per heavy atom. The molecule has 0 aliphatic rings. The van der Waals surface area contributed by atoms with E-state index in [0.29, 0.717) is 30.5 Å². The van der Waals surface area contributed by atoms with Crippen molar-refractivity contribution in [3.8, 4) is 0 Å². The summed E-state index contributed by atoms with van der Waals surface area (Å²) in [5.41, 5.74) is 2.64. The van der Waals surface area contributed by atoms with E-state index < -0.39 is 0 Å². The molecule has 8 nitrogen and oxygen atoms in total. The Morgan fingerprint density at radius 3 is 2.88 bits per heavy atom. The van der Waals surface area contributed by atoms with Crippen LogP contribution in [-0.2, 0) is 13.1 Å². The van der Waals surface area contributed by atoms with Crippen LogP contribution in [-0.4, -0.2) is 37.2 Å². The average molecular weight is 342 g/mol. The van der Waals surface area contributed by atoms with E-state index in [1.807, 2.05) is 31.5 Å². The maximum Gasteiger partial charge on any atom is 0.322 e. The molecule has 0 aliphatic heterocycles. The van der Waals surface area contributed by atoms with Crippen LogP contribution in [0.5, 0.6) is 0 Å². The fraction of sp³-hybridized carbons (Fsp3) is 0.412. The topological polar surface area (TPSA) is 89.1 Å². The minimum absolute atomic E-state index is 0.211. The number of aryl methyl sites for hydroxylation is 2. The van der Waals surface area contributed by atoms with Crippen LogP contribution < -0.4 is 5.32 Å². The van der Waals surface area contributed by atoms with E-state index in [4.69, 9.17) is 4.52 Å². The van der Waals surface area contributed by atoms with Gasteiger partial charge in [-0.2, -0.15) is 4.98 Å². The highest BCUT2D eigenvalue weighted by Crippen LogP contribution is 2.19. The van der Waals surface area contributed by atoms with Gasteiger partial charge in [0.1, 0.15) is 0 Å². The maximum atomic E-state index is 12.5. The number of hydrogen-bond donors (Lipinski definition) is 1. The minimum Gasteiger partial charge on any atom is -0.340 e. The summed E-state index contributed by atoms with van der Waals surface area (Å²) in [6.07, 6.45) is 2.88. The number of hydrogen-bond acceptors (Lipinski definition) is 5. The van der Waals surface area contributed by atoms with Crippen LogP contribution in [0.3, 0.4) is 0 Å². The van der Waals surface area contributed by atoms with E-state index in [-0.39, 0.29) is 6.03 Å². The smallest absolute Gasteiger partial charge is 0.322 e. The Morgan fingerprint density at radius 2 is 2.20 bits per heavy atom. The van der Waals surface area contributed by atoms with Crippen molar-refractivity contribution in [1.82, 2.24) is 24.6 Å². The molecule has 2 aromatic heterocycles. The standard InChI is InChI=1S/C17H22N6O2/c1-4-8-23-11-18-14-9-13(6-7-15(14)23)20-17(24)22(5-2)10-16-19-12(3)25-21-16/h6-7,9,11H,4-5,8,10H2,1-3H3,(H,20,24). The Balaban J connectivity index is 1.71. The quantitative estimate of drug-likeness (QED) is 0.743. The number of fused-ring (bicyclic) bond motifs is 1. The number of imidazole rings is 1. The molecule has 0 atom stereocenters. The largest absolute Gasteiger partial charge is 0.340 e. The van der Waals surface area contributed by atoms with Crippen molar-refractivity contribution in [2.24, 2.45) is 0 Å². The van der Waals surface area contributed by atoms with Crippen molar-refractivity contribution in [2.45, 2.75) is 40.3 Å². The fourth-order valence-electron chi connectivity index (χ4n) is 2.67. The monoisotopic (exact) mass is 342 g/mol. The summed E-state index contributed by atoms with van der Waals surface area (Å²) in [5, 5.41) is 6.74. The molecule has 0 unspecified atom stereocenters. The van der Waals surface area contributed by atoms with Crippen molar-refractivity contribution >= 4 is 22.8 Å². The number of nitrogens with zero attached hydrogens (tertiary/aromatic N) is 5. The molecule has 0 fully saturated rings. The molecule has 8 heteroatoms. The van der Waals surface area contributed by atoms with Crippen molar-refractivity contribution in [2.75, 3.05) is 11.9 Å². The third-order valence-corrected chi connectivity index (χ3v) is 3.91. The Bertz CT molecular complexity index is 869. The fourth-order valence-corrected chi connectivity index (χ4v) is 2.67. The van der Waals surface area contributed by atoms with E-state index in [2.05, 4.69) is 31.9 Å². The third-order valence-electron chi connectivity index (χ3n) is 3.91. The van der Waals surface area contributed by atoms with Crippen molar-refractivity contribution in [3.63, 3.8) is 0 Å². The molecule has 0 saturated heterocycles.